The first-order valence-corrected chi connectivity index (χ1v) is 11.9. The predicted octanol–water partition coefficient (Wildman–Crippen LogP) is 1.63. The molecule has 1 aliphatic rings. The molecule has 0 unspecified atom stereocenters. The van der Waals surface area contributed by atoms with Crippen LogP contribution in [0.3, 0.4) is 0 Å². The Morgan fingerprint density at radius 2 is 1.94 bits per heavy atom. The Morgan fingerprint density at radius 3 is 2.63 bits per heavy atom. The normalized spacial score (nSPS) is 13.1. The zero-order chi connectivity index (χ0) is 25.1. The summed E-state index contributed by atoms with van der Waals surface area (Å²) >= 11 is 1.21. The van der Waals surface area contributed by atoms with Crippen LogP contribution in [0.2, 0.25) is 0 Å². The molecule has 0 saturated carbocycles. The molecule has 1 aromatic carbocycles. The molecule has 12 heteroatoms. The van der Waals surface area contributed by atoms with E-state index in [1.165, 1.54) is 35.1 Å². The lowest BCUT2D eigenvalue weighted by atomic mass is 10.1. The van der Waals surface area contributed by atoms with Crippen LogP contribution in [0.4, 0.5) is 9.18 Å². The minimum atomic E-state index is -0.711. The van der Waals surface area contributed by atoms with E-state index in [1.807, 2.05) is 0 Å². The molecular weight excluding hydrogens is 479 g/mol. The molecule has 0 radical (unpaired) electrons. The largest absolute Gasteiger partial charge is 0.450 e. The lowest BCUT2D eigenvalue weighted by molar-refractivity contribution is -0.121. The van der Waals surface area contributed by atoms with Crippen molar-refractivity contribution >= 4 is 33.6 Å². The molecule has 1 aliphatic heterocycles. The molecule has 2 aromatic heterocycles. The molecule has 3 aromatic rings. The summed E-state index contributed by atoms with van der Waals surface area (Å²) in [5.41, 5.74) is -0.327. The van der Waals surface area contributed by atoms with E-state index in [4.69, 9.17) is 9.47 Å². The summed E-state index contributed by atoms with van der Waals surface area (Å²) in [7, 11) is 1.51. The second-order valence-corrected chi connectivity index (χ2v) is 8.97. The van der Waals surface area contributed by atoms with Gasteiger partial charge < -0.3 is 19.7 Å². The standard InChI is InChI=1S/C23H25FN4O6S/c1-3-34-23(32)26-10-8-16-17(12-26)35-21-19(16)20(30)28(15-6-4-14(24)5-7-15)22(31)27(21)13-18(29)25-9-11-33-2/h4-7H,3,8-13H2,1-2H3,(H,25,29). The zero-order valence-corrected chi connectivity index (χ0v) is 20.2. The fourth-order valence-corrected chi connectivity index (χ4v) is 5.37. The van der Waals surface area contributed by atoms with Crippen molar-refractivity contribution in [3.8, 4) is 5.69 Å². The van der Waals surface area contributed by atoms with Gasteiger partial charge in [0.15, 0.2) is 0 Å². The third-order valence-corrected chi connectivity index (χ3v) is 6.90. The zero-order valence-electron chi connectivity index (χ0n) is 19.3. The molecule has 0 spiro atoms. The van der Waals surface area contributed by atoms with Crippen LogP contribution in [0.15, 0.2) is 33.9 Å². The number of fused-ring (bicyclic) bond motifs is 3. The molecule has 3 heterocycles. The number of carbonyl (C=O) groups excluding carboxylic acids is 2. The van der Waals surface area contributed by atoms with E-state index in [2.05, 4.69) is 5.32 Å². The monoisotopic (exact) mass is 504 g/mol. The van der Waals surface area contributed by atoms with Gasteiger partial charge >= 0.3 is 11.8 Å². The van der Waals surface area contributed by atoms with E-state index >= 15 is 0 Å². The van der Waals surface area contributed by atoms with Gasteiger partial charge in [-0.2, -0.15) is 0 Å². The van der Waals surface area contributed by atoms with Crippen molar-refractivity contribution in [1.29, 1.82) is 0 Å². The van der Waals surface area contributed by atoms with Gasteiger partial charge in [-0.25, -0.2) is 18.5 Å². The maximum atomic E-state index is 13.6. The summed E-state index contributed by atoms with van der Waals surface area (Å²) in [6.07, 6.45) is -0.0559. The van der Waals surface area contributed by atoms with Crippen LogP contribution < -0.4 is 16.6 Å². The molecule has 0 fully saturated rings. The van der Waals surface area contributed by atoms with Crippen LogP contribution in [-0.2, 0) is 33.8 Å². The number of methoxy groups -OCH3 is 1. The highest BCUT2D eigenvalue weighted by molar-refractivity contribution is 7.18. The van der Waals surface area contributed by atoms with Crippen LogP contribution in [0.25, 0.3) is 15.9 Å². The van der Waals surface area contributed by atoms with Crippen LogP contribution >= 0.6 is 11.3 Å². The molecule has 0 atom stereocenters. The van der Waals surface area contributed by atoms with Crippen molar-refractivity contribution in [2.24, 2.45) is 0 Å². The second kappa shape index (κ2) is 10.4. The van der Waals surface area contributed by atoms with Crippen LogP contribution in [0, 0.1) is 5.82 Å². The molecule has 0 bridgehead atoms. The molecule has 35 heavy (non-hydrogen) atoms. The van der Waals surface area contributed by atoms with Gasteiger partial charge in [0, 0.05) is 25.1 Å². The number of nitrogens with one attached hydrogen (secondary N) is 1. The van der Waals surface area contributed by atoms with Crippen molar-refractivity contribution in [3.05, 3.63) is 61.4 Å². The minimum Gasteiger partial charge on any atom is -0.450 e. The molecule has 1 N–H and O–H groups in total. The fourth-order valence-electron chi connectivity index (χ4n) is 4.03. The SMILES string of the molecule is CCOC(=O)N1CCc2c(sc3c2c(=O)n(-c2ccc(F)cc2)c(=O)n3CC(=O)NCCOC)C1. The summed E-state index contributed by atoms with van der Waals surface area (Å²) in [4.78, 5) is 54.5. The Balaban J connectivity index is 1.86. The maximum absolute atomic E-state index is 13.6. The summed E-state index contributed by atoms with van der Waals surface area (Å²) in [5, 5.41) is 3.00. The van der Waals surface area contributed by atoms with Crippen molar-refractivity contribution < 1.29 is 23.5 Å². The number of hydrogen-bond donors (Lipinski definition) is 1. The molecule has 2 amide bonds. The van der Waals surface area contributed by atoms with Crippen LogP contribution in [-0.4, -0.2) is 59.4 Å². The molecule has 0 saturated heterocycles. The number of aromatic nitrogens is 2. The number of ether oxygens (including phenoxy) is 2. The lowest BCUT2D eigenvalue weighted by Gasteiger charge is -2.25. The van der Waals surface area contributed by atoms with E-state index in [-0.39, 0.29) is 31.9 Å². The highest BCUT2D eigenvalue weighted by Gasteiger charge is 2.29. The first-order valence-electron chi connectivity index (χ1n) is 11.1. The topological polar surface area (TPSA) is 112 Å². The van der Waals surface area contributed by atoms with E-state index in [9.17, 15) is 23.6 Å². The smallest absolute Gasteiger partial charge is 0.410 e. The summed E-state index contributed by atoms with van der Waals surface area (Å²) in [5.74, 6) is -0.929. The predicted molar refractivity (Wildman–Crippen MR) is 128 cm³/mol. The third kappa shape index (κ3) is 4.84. The van der Waals surface area contributed by atoms with Gasteiger partial charge in [-0.15, -0.1) is 11.3 Å². The van der Waals surface area contributed by atoms with Gasteiger partial charge in [-0.1, -0.05) is 0 Å². The summed E-state index contributed by atoms with van der Waals surface area (Å²) < 4.78 is 25.8. The quantitative estimate of drug-likeness (QED) is 0.490. The van der Waals surface area contributed by atoms with Gasteiger partial charge in [0.05, 0.1) is 30.8 Å². The van der Waals surface area contributed by atoms with E-state index in [1.54, 1.807) is 11.8 Å². The fraction of sp³-hybridized carbons (Fsp3) is 0.391. The summed E-state index contributed by atoms with van der Waals surface area (Å²) in [6, 6.07) is 5.00. The molecule has 10 nitrogen and oxygen atoms in total. The van der Waals surface area contributed by atoms with Gasteiger partial charge in [-0.3, -0.25) is 14.2 Å². The van der Waals surface area contributed by atoms with Gasteiger partial charge in [0.25, 0.3) is 5.56 Å². The maximum Gasteiger partial charge on any atom is 0.410 e. The number of nitrogens with zero attached hydrogens (tertiary/aromatic N) is 3. The number of rotatable bonds is 7. The number of amides is 2. The van der Waals surface area contributed by atoms with E-state index in [0.717, 1.165) is 27.1 Å². The van der Waals surface area contributed by atoms with Crippen molar-refractivity contribution in [3.63, 3.8) is 0 Å². The average molecular weight is 505 g/mol. The van der Waals surface area contributed by atoms with E-state index in [0.29, 0.717) is 29.8 Å². The van der Waals surface area contributed by atoms with Crippen LogP contribution in [0.1, 0.15) is 17.4 Å². The van der Waals surface area contributed by atoms with Gasteiger partial charge in [0.1, 0.15) is 17.2 Å². The first kappa shape index (κ1) is 24.6. The van der Waals surface area contributed by atoms with Gasteiger partial charge in [0.2, 0.25) is 5.91 Å². The number of hydrogen-bond acceptors (Lipinski definition) is 7. The Hall–Kier alpha value is -3.51. The Labute approximate surface area is 203 Å². The lowest BCUT2D eigenvalue weighted by Crippen LogP contribution is -2.42. The number of benzene rings is 1. The minimum absolute atomic E-state index is 0.195. The average Bonchev–Trinajstić information content (AvgIpc) is 3.22. The highest BCUT2D eigenvalue weighted by Crippen LogP contribution is 2.33. The van der Waals surface area contributed by atoms with Crippen LogP contribution in [0.5, 0.6) is 0 Å². The highest BCUT2D eigenvalue weighted by atomic mass is 32.1. The molecule has 4 rings (SSSR count). The Morgan fingerprint density at radius 1 is 1.20 bits per heavy atom. The van der Waals surface area contributed by atoms with Crippen molar-refractivity contribution in [2.45, 2.75) is 26.4 Å². The Kier molecular flexibility index (Phi) is 7.31. The third-order valence-electron chi connectivity index (χ3n) is 5.66. The van der Waals surface area contributed by atoms with Crippen molar-refractivity contribution in [2.75, 3.05) is 33.4 Å². The molecular formula is C23H25FN4O6S. The number of carbonyl (C=O) groups is 2. The Bertz CT molecular complexity index is 1380. The molecule has 186 valence electrons. The van der Waals surface area contributed by atoms with E-state index < -0.39 is 29.1 Å². The number of thiophene rings is 1. The number of halogens is 1. The molecule has 0 aliphatic carbocycles. The van der Waals surface area contributed by atoms with Crippen molar-refractivity contribution in [1.82, 2.24) is 19.4 Å². The summed E-state index contributed by atoms with van der Waals surface area (Å²) in [6.45, 7) is 2.81. The first-order chi connectivity index (χ1) is 16.8. The van der Waals surface area contributed by atoms with Gasteiger partial charge in [-0.05, 0) is 43.2 Å². The second-order valence-electron chi connectivity index (χ2n) is 7.88.